The summed E-state index contributed by atoms with van der Waals surface area (Å²) in [7, 11) is 1.35. The highest BCUT2D eigenvalue weighted by molar-refractivity contribution is 5.94. The third kappa shape index (κ3) is 1.50. The number of aryl methyl sites for hydroxylation is 1. The fourth-order valence-electron chi connectivity index (χ4n) is 1.73. The maximum atomic E-state index is 11.3. The molecule has 2 N–H and O–H groups in total. The lowest BCUT2D eigenvalue weighted by molar-refractivity contribution is 0.0601. The van der Waals surface area contributed by atoms with Crippen LogP contribution in [0.1, 0.15) is 17.3 Å². The summed E-state index contributed by atoms with van der Waals surface area (Å²) >= 11 is 0. The van der Waals surface area contributed by atoms with Gasteiger partial charge in [0.2, 0.25) is 5.95 Å². The zero-order valence-corrected chi connectivity index (χ0v) is 9.23. The van der Waals surface area contributed by atoms with Crippen LogP contribution in [0.3, 0.4) is 0 Å². The highest BCUT2D eigenvalue weighted by Gasteiger charge is 2.10. The Balaban J connectivity index is 2.60. The molecule has 0 amide bonds. The van der Waals surface area contributed by atoms with Gasteiger partial charge in [-0.25, -0.2) is 9.78 Å². The van der Waals surface area contributed by atoms with Crippen molar-refractivity contribution in [3.63, 3.8) is 0 Å². The predicted molar refractivity (Wildman–Crippen MR) is 61.2 cm³/mol. The minimum atomic E-state index is -0.369. The Morgan fingerprint density at radius 3 is 2.94 bits per heavy atom. The number of ether oxygens (including phenoxy) is 1. The summed E-state index contributed by atoms with van der Waals surface area (Å²) in [4.78, 5) is 15.5. The first-order valence-corrected chi connectivity index (χ1v) is 5.01. The summed E-state index contributed by atoms with van der Waals surface area (Å²) in [5, 5.41) is 0. The van der Waals surface area contributed by atoms with Crippen LogP contribution in [0, 0.1) is 0 Å². The SMILES string of the molecule is CCn1c(N)nc2cc(C(=O)OC)ccc21. The predicted octanol–water partition coefficient (Wildman–Crippen LogP) is 1.43. The quantitative estimate of drug-likeness (QED) is 0.775. The molecule has 0 saturated carbocycles. The second kappa shape index (κ2) is 3.84. The molecule has 0 spiro atoms. The molecular formula is C11H13N3O2. The van der Waals surface area contributed by atoms with Gasteiger partial charge in [-0.15, -0.1) is 0 Å². The molecule has 2 aromatic rings. The number of hydrogen-bond acceptors (Lipinski definition) is 4. The average Bonchev–Trinajstić information content (AvgIpc) is 2.62. The van der Waals surface area contributed by atoms with Crippen LogP contribution in [0.25, 0.3) is 11.0 Å². The number of nitrogen functional groups attached to an aromatic ring is 1. The topological polar surface area (TPSA) is 70.1 Å². The zero-order chi connectivity index (χ0) is 11.7. The van der Waals surface area contributed by atoms with Gasteiger partial charge in [0.1, 0.15) is 0 Å². The Labute approximate surface area is 92.8 Å². The Hall–Kier alpha value is -2.04. The van der Waals surface area contributed by atoms with Crippen LogP contribution >= 0.6 is 0 Å². The van der Waals surface area contributed by atoms with Crippen molar-refractivity contribution >= 4 is 23.0 Å². The summed E-state index contributed by atoms with van der Waals surface area (Å²) in [5.74, 6) is 0.0889. The van der Waals surface area contributed by atoms with Crippen LogP contribution in [0.4, 0.5) is 5.95 Å². The maximum absolute atomic E-state index is 11.3. The molecule has 0 aliphatic heterocycles. The van der Waals surface area contributed by atoms with E-state index in [0.29, 0.717) is 17.0 Å². The number of imidazole rings is 1. The summed E-state index contributed by atoms with van der Waals surface area (Å²) in [6, 6.07) is 5.22. The Morgan fingerprint density at radius 1 is 1.56 bits per heavy atom. The van der Waals surface area contributed by atoms with Gasteiger partial charge >= 0.3 is 5.97 Å². The molecule has 0 saturated heterocycles. The molecule has 0 radical (unpaired) electrons. The number of nitrogens with zero attached hydrogens (tertiary/aromatic N) is 2. The summed E-state index contributed by atoms with van der Waals surface area (Å²) in [6.07, 6.45) is 0. The van der Waals surface area contributed by atoms with Gasteiger partial charge in [-0.05, 0) is 25.1 Å². The first-order valence-electron chi connectivity index (χ1n) is 5.01. The fourth-order valence-corrected chi connectivity index (χ4v) is 1.73. The number of methoxy groups -OCH3 is 1. The van der Waals surface area contributed by atoms with E-state index in [1.54, 1.807) is 12.1 Å². The number of carbonyl (C=O) groups excluding carboxylic acids is 1. The van der Waals surface area contributed by atoms with Crippen LogP contribution in [-0.2, 0) is 11.3 Å². The van der Waals surface area contributed by atoms with Gasteiger partial charge in [-0.2, -0.15) is 0 Å². The lowest BCUT2D eigenvalue weighted by Crippen LogP contribution is -2.01. The lowest BCUT2D eigenvalue weighted by atomic mass is 10.2. The minimum absolute atomic E-state index is 0.369. The molecule has 0 unspecified atom stereocenters. The van der Waals surface area contributed by atoms with Gasteiger partial charge in [0.25, 0.3) is 0 Å². The number of aromatic nitrogens is 2. The first kappa shape index (κ1) is 10.5. The van der Waals surface area contributed by atoms with E-state index in [4.69, 9.17) is 5.73 Å². The Morgan fingerprint density at radius 2 is 2.31 bits per heavy atom. The lowest BCUT2D eigenvalue weighted by Gasteiger charge is -2.02. The molecule has 0 bridgehead atoms. The smallest absolute Gasteiger partial charge is 0.337 e. The number of hydrogen-bond donors (Lipinski definition) is 1. The number of fused-ring (bicyclic) bond motifs is 1. The van der Waals surface area contributed by atoms with Crippen LogP contribution in [0.2, 0.25) is 0 Å². The van der Waals surface area contributed by atoms with Crippen molar-refractivity contribution in [3.8, 4) is 0 Å². The third-order valence-corrected chi connectivity index (χ3v) is 2.52. The van der Waals surface area contributed by atoms with E-state index in [9.17, 15) is 4.79 Å². The number of rotatable bonds is 2. The van der Waals surface area contributed by atoms with Crippen LogP contribution < -0.4 is 5.73 Å². The molecule has 1 heterocycles. The molecule has 1 aromatic carbocycles. The summed E-state index contributed by atoms with van der Waals surface area (Å²) in [5.41, 5.74) is 7.87. The Bertz CT molecular complexity index is 545. The van der Waals surface area contributed by atoms with E-state index in [1.807, 2.05) is 17.6 Å². The fraction of sp³-hybridized carbons (Fsp3) is 0.273. The van der Waals surface area contributed by atoms with E-state index < -0.39 is 0 Å². The van der Waals surface area contributed by atoms with Crippen molar-refractivity contribution in [3.05, 3.63) is 23.8 Å². The summed E-state index contributed by atoms with van der Waals surface area (Å²) in [6.45, 7) is 2.74. The van der Waals surface area contributed by atoms with E-state index in [2.05, 4.69) is 9.72 Å². The molecule has 5 heteroatoms. The van der Waals surface area contributed by atoms with E-state index in [-0.39, 0.29) is 5.97 Å². The number of benzene rings is 1. The van der Waals surface area contributed by atoms with Crippen molar-refractivity contribution < 1.29 is 9.53 Å². The maximum Gasteiger partial charge on any atom is 0.337 e. The molecule has 84 valence electrons. The van der Waals surface area contributed by atoms with E-state index >= 15 is 0 Å². The summed E-state index contributed by atoms with van der Waals surface area (Å²) < 4.78 is 6.53. The average molecular weight is 219 g/mol. The second-order valence-electron chi connectivity index (χ2n) is 3.41. The number of anilines is 1. The molecule has 0 aliphatic rings. The number of nitrogens with two attached hydrogens (primary N) is 1. The molecule has 0 aliphatic carbocycles. The van der Waals surface area contributed by atoms with Gasteiger partial charge in [0, 0.05) is 6.54 Å². The molecule has 1 aromatic heterocycles. The Kier molecular flexibility index (Phi) is 2.52. The highest BCUT2D eigenvalue weighted by Crippen LogP contribution is 2.19. The van der Waals surface area contributed by atoms with Crippen molar-refractivity contribution in [1.29, 1.82) is 0 Å². The van der Waals surface area contributed by atoms with Crippen molar-refractivity contribution in [2.45, 2.75) is 13.5 Å². The van der Waals surface area contributed by atoms with Crippen molar-refractivity contribution in [2.75, 3.05) is 12.8 Å². The molecule has 0 atom stereocenters. The molecule has 16 heavy (non-hydrogen) atoms. The largest absolute Gasteiger partial charge is 0.465 e. The van der Waals surface area contributed by atoms with Crippen LogP contribution in [-0.4, -0.2) is 22.6 Å². The standard InChI is InChI=1S/C11H13N3O2/c1-3-14-9-5-4-7(10(15)16-2)6-8(9)13-11(14)12/h4-6H,3H2,1-2H3,(H2,12,13). The minimum Gasteiger partial charge on any atom is -0.465 e. The molecule has 5 nitrogen and oxygen atoms in total. The van der Waals surface area contributed by atoms with Gasteiger partial charge in [-0.1, -0.05) is 0 Å². The van der Waals surface area contributed by atoms with Gasteiger partial charge in [0.15, 0.2) is 0 Å². The van der Waals surface area contributed by atoms with E-state index in [0.717, 1.165) is 12.1 Å². The van der Waals surface area contributed by atoms with Crippen molar-refractivity contribution in [1.82, 2.24) is 9.55 Å². The van der Waals surface area contributed by atoms with E-state index in [1.165, 1.54) is 7.11 Å². The first-order chi connectivity index (χ1) is 7.67. The van der Waals surface area contributed by atoms with Gasteiger partial charge < -0.3 is 15.0 Å². The zero-order valence-electron chi connectivity index (χ0n) is 9.23. The number of esters is 1. The highest BCUT2D eigenvalue weighted by atomic mass is 16.5. The van der Waals surface area contributed by atoms with Crippen LogP contribution in [0.5, 0.6) is 0 Å². The van der Waals surface area contributed by atoms with Crippen molar-refractivity contribution in [2.24, 2.45) is 0 Å². The second-order valence-corrected chi connectivity index (χ2v) is 3.41. The monoisotopic (exact) mass is 219 g/mol. The van der Waals surface area contributed by atoms with Crippen LogP contribution in [0.15, 0.2) is 18.2 Å². The molecular weight excluding hydrogens is 206 g/mol. The third-order valence-electron chi connectivity index (χ3n) is 2.52. The van der Waals surface area contributed by atoms with Gasteiger partial charge in [0.05, 0.1) is 23.7 Å². The van der Waals surface area contributed by atoms with Gasteiger partial charge in [-0.3, -0.25) is 0 Å². The normalized spacial score (nSPS) is 10.6. The number of carbonyl (C=O) groups is 1. The molecule has 0 fully saturated rings. The molecule has 2 rings (SSSR count).